The minimum absolute atomic E-state index is 0.109. The van der Waals surface area contributed by atoms with E-state index in [-0.39, 0.29) is 34.7 Å². The Kier molecular flexibility index (Phi) is 7.18. The maximum Gasteiger partial charge on any atom is 0.255 e. The third-order valence-electron chi connectivity index (χ3n) is 3.63. The highest BCUT2D eigenvalue weighted by atomic mass is 35.5. The molecule has 2 rings (SSSR count). The fraction of sp³-hybridized carbons (Fsp3) is 0.222. The number of carbonyl (C=O) groups excluding carboxylic acids is 2. The van der Waals surface area contributed by atoms with Gasteiger partial charge in [-0.15, -0.1) is 0 Å². The van der Waals surface area contributed by atoms with E-state index in [0.717, 1.165) is 0 Å². The van der Waals surface area contributed by atoms with Gasteiger partial charge in [0.15, 0.2) is 18.1 Å². The number of methoxy groups -OCH3 is 1. The first-order valence-corrected chi connectivity index (χ1v) is 8.90. The van der Waals surface area contributed by atoms with Crippen LogP contribution in [0, 0.1) is 0 Å². The smallest absolute Gasteiger partial charge is 0.255 e. The number of primary amides is 1. The minimum atomic E-state index is -0.663. The molecule has 0 aliphatic heterocycles. The van der Waals surface area contributed by atoms with Crippen molar-refractivity contribution < 1.29 is 19.1 Å². The van der Waals surface area contributed by atoms with Crippen molar-refractivity contribution in [3.05, 3.63) is 56.5 Å². The van der Waals surface area contributed by atoms with Crippen LogP contribution in [0.15, 0.2) is 30.3 Å². The van der Waals surface area contributed by atoms with Crippen molar-refractivity contribution in [2.24, 2.45) is 5.73 Å². The number of nitrogens with one attached hydrogen (secondary N) is 1. The predicted molar refractivity (Wildman–Crippen MR) is 105 cm³/mol. The predicted octanol–water partition coefficient (Wildman–Crippen LogP) is 4.01. The van der Waals surface area contributed by atoms with Gasteiger partial charge < -0.3 is 20.5 Å². The molecule has 1 unspecified atom stereocenters. The number of rotatable bonds is 7. The molecule has 27 heavy (non-hydrogen) atoms. The lowest BCUT2D eigenvalue weighted by Gasteiger charge is -2.17. The first-order chi connectivity index (χ1) is 12.7. The minimum Gasteiger partial charge on any atom is -0.493 e. The molecule has 0 bridgehead atoms. The molecule has 0 saturated carbocycles. The van der Waals surface area contributed by atoms with Crippen LogP contribution < -0.4 is 20.5 Å². The van der Waals surface area contributed by atoms with E-state index in [0.29, 0.717) is 15.6 Å². The molecular weight excluding hydrogens is 415 g/mol. The highest BCUT2D eigenvalue weighted by molar-refractivity contribution is 6.35. The normalized spacial score (nSPS) is 11.6. The lowest BCUT2D eigenvalue weighted by atomic mass is 10.1. The van der Waals surface area contributed by atoms with E-state index in [1.807, 2.05) is 0 Å². The number of carbonyl (C=O) groups is 2. The molecular formula is C18H17Cl3N2O4. The van der Waals surface area contributed by atoms with Crippen LogP contribution in [0.2, 0.25) is 15.1 Å². The molecule has 0 spiro atoms. The average molecular weight is 432 g/mol. The van der Waals surface area contributed by atoms with E-state index in [4.69, 9.17) is 50.0 Å². The van der Waals surface area contributed by atoms with Crippen LogP contribution in [0.25, 0.3) is 0 Å². The highest BCUT2D eigenvalue weighted by Crippen LogP contribution is 2.36. The Morgan fingerprint density at radius 2 is 1.85 bits per heavy atom. The number of amides is 2. The van der Waals surface area contributed by atoms with Crippen LogP contribution in [-0.2, 0) is 4.79 Å². The molecule has 0 aromatic heterocycles. The van der Waals surface area contributed by atoms with E-state index in [9.17, 15) is 9.59 Å². The summed E-state index contributed by atoms with van der Waals surface area (Å²) >= 11 is 18.2. The van der Waals surface area contributed by atoms with E-state index in [1.54, 1.807) is 25.1 Å². The van der Waals surface area contributed by atoms with Gasteiger partial charge in [0.25, 0.3) is 11.8 Å². The molecule has 2 aromatic rings. The molecule has 0 radical (unpaired) electrons. The molecule has 0 aliphatic carbocycles. The number of nitrogens with two attached hydrogens (primary N) is 1. The van der Waals surface area contributed by atoms with Crippen LogP contribution in [0.1, 0.15) is 28.9 Å². The summed E-state index contributed by atoms with van der Waals surface area (Å²) < 4.78 is 10.4. The van der Waals surface area contributed by atoms with Gasteiger partial charge in [0, 0.05) is 15.6 Å². The van der Waals surface area contributed by atoms with Gasteiger partial charge >= 0.3 is 0 Å². The number of hydrogen-bond donors (Lipinski definition) is 2. The van der Waals surface area contributed by atoms with Gasteiger partial charge in [-0.25, -0.2) is 0 Å². The molecule has 9 heteroatoms. The molecule has 0 heterocycles. The van der Waals surface area contributed by atoms with Crippen molar-refractivity contribution in [3.63, 3.8) is 0 Å². The second kappa shape index (κ2) is 9.17. The molecule has 6 nitrogen and oxygen atoms in total. The summed E-state index contributed by atoms with van der Waals surface area (Å²) in [4.78, 5) is 23.5. The maximum atomic E-state index is 12.6. The van der Waals surface area contributed by atoms with Crippen LogP contribution in [0.3, 0.4) is 0 Å². The number of ether oxygens (including phenoxy) is 2. The lowest BCUT2D eigenvalue weighted by Crippen LogP contribution is -2.27. The van der Waals surface area contributed by atoms with Gasteiger partial charge in [0.2, 0.25) is 0 Å². The largest absolute Gasteiger partial charge is 0.493 e. The molecule has 0 saturated heterocycles. The Hall–Kier alpha value is -2.15. The first kappa shape index (κ1) is 21.2. The molecule has 2 amide bonds. The number of hydrogen-bond acceptors (Lipinski definition) is 4. The van der Waals surface area contributed by atoms with Gasteiger partial charge in [-0.05, 0) is 36.8 Å². The number of halogens is 3. The molecule has 0 fully saturated rings. The van der Waals surface area contributed by atoms with Crippen LogP contribution in [0.5, 0.6) is 11.5 Å². The molecule has 3 N–H and O–H groups in total. The molecule has 1 atom stereocenters. The van der Waals surface area contributed by atoms with E-state index in [2.05, 4.69) is 5.32 Å². The van der Waals surface area contributed by atoms with Crippen molar-refractivity contribution in [2.75, 3.05) is 13.7 Å². The fourth-order valence-electron chi connectivity index (χ4n) is 2.34. The fourth-order valence-corrected chi connectivity index (χ4v) is 3.18. The summed E-state index contributed by atoms with van der Waals surface area (Å²) in [5.74, 6) is -0.729. The van der Waals surface area contributed by atoms with Crippen molar-refractivity contribution in [3.8, 4) is 11.5 Å². The van der Waals surface area contributed by atoms with Gasteiger partial charge in [-0.1, -0.05) is 40.9 Å². The van der Waals surface area contributed by atoms with Crippen molar-refractivity contribution >= 4 is 46.6 Å². The van der Waals surface area contributed by atoms with E-state index >= 15 is 0 Å². The highest BCUT2D eigenvalue weighted by Gasteiger charge is 2.19. The number of benzene rings is 2. The third kappa shape index (κ3) is 5.42. The maximum absolute atomic E-state index is 12.6. The molecule has 144 valence electrons. The van der Waals surface area contributed by atoms with E-state index in [1.165, 1.54) is 19.2 Å². The summed E-state index contributed by atoms with van der Waals surface area (Å²) in [6.45, 7) is 1.42. The van der Waals surface area contributed by atoms with Crippen molar-refractivity contribution in [1.29, 1.82) is 0 Å². The van der Waals surface area contributed by atoms with Gasteiger partial charge in [0.1, 0.15) is 0 Å². The first-order valence-electron chi connectivity index (χ1n) is 7.77. The topological polar surface area (TPSA) is 90.7 Å². The van der Waals surface area contributed by atoms with E-state index < -0.39 is 11.8 Å². The Balaban J connectivity index is 2.22. The molecule has 0 aliphatic rings. The quantitative estimate of drug-likeness (QED) is 0.693. The summed E-state index contributed by atoms with van der Waals surface area (Å²) in [5, 5.41) is 3.89. The second-order valence-electron chi connectivity index (χ2n) is 5.61. The Morgan fingerprint density at radius 1 is 1.15 bits per heavy atom. The van der Waals surface area contributed by atoms with Crippen LogP contribution >= 0.6 is 34.8 Å². The van der Waals surface area contributed by atoms with Crippen LogP contribution in [0.4, 0.5) is 0 Å². The standard InChI is InChI=1S/C18H17Cl3N2O4/c1-9(12-4-3-11(19)7-13(12)20)23-18(25)10-5-14(21)17(15(6-10)26-2)27-8-16(22)24/h3-7,9H,8H2,1-2H3,(H2,22,24)(H,23,25). The SMILES string of the molecule is COc1cc(C(=O)NC(C)c2ccc(Cl)cc2Cl)cc(Cl)c1OCC(N)=O. The van der Waals surface area contributed by atoms with Crippen molar-refractivity contribution in [2.45, 2.75) is 13.0 Å². The van der Waals surface area contributed by atoms with Crippen LogP contribution in [-0.4, -0.2) is 25.5 Å². The Labute approximate surface area is 171 Å². The van der Waals surface area contributed by atoms with Crippen molar-refractivity contribution in [1.82, 2.24) is 5.32 Å². The zero-order chi connectivity index (χ0) is 20.1. The summed E-state index contributed by atoms with van der Waals surface area (Å²) in [7, 11) is 1.39. The Morgan fingerprint density at radius 3 is 2.44 bits per heavy atom. The zero-order valence-electron chi connectivity index (χ0n) is 14.5. The van der Waals surface area contributed by atoms with Gasteiger partial charge in [0.05, 0.1) is 18.2 Å². The second-order valence-corrected chi connectivity index (χ2v) is 6.86. The monoisotopic (exact) mass is 430 g/mol. The zero-order valence-corrected chi connectivity index (χ0v) is 16.8. The summed E-state index contributed by atoms with van der Waals surface area (Å²) in [5.41, 5.74) is 6.03. The molecule has 2 aromatic carbocycles. The van der Waals surface area contributed by atoms with Gasteiger partial charge in [-0.3, -0.25) is 9.59 Å². The summed E-state index contributed by atoms with van der Waals surface area (Å²) in [6, 6.07) is 7.52. The third-order valence-corrected chi connectivity index (χ3v) is 4.47. The van der Waals surface area contributed by atoms with Gasteiger partial charge in [-0.2, -0.15) is 0 Å². The lowest BCUT2D eigenvalue weighted by molar-refractivity contribution is -0.119. The Bertz CT molecular complexity index is 874. The average Bonchev–Trinajstić information content (AvgIpc) is 2.59. The summed E-state index contributed by atoms with van der Waals surface area (Å²) in [6.07, 6.45) is 0.